The van der Waals surface area contributed by atoms with Crippen LogP contribution in [0, 0.1) is 11.3 Å². The van der Waals surface area contributed by atoms with E-state index < -0.39 is 0 Å². The SMILES string of the molecule is CC(C)CN(Cc1cc2ccccc2nc1Cl)C(=O)CC(C)(C)C. The first-order valence-corrected chi connectivity index (χ1v) is 8.85. The zero-order valence-electron chi connectivity index (χ0n) is 15.3. The zero-order valence-corrected chi connectivity index (χ0v) is 16.0. The molecule has 3 nitrogen and oxygen atoms in total. The summed E-state index contributed by atoms with van der Waals surface area (Å²) in [5.74, 6) is 0.571. The molecule has 0 saturated carbocycles. The maximum Gasteiger partial charge on any atom is 0.223 e. The summed E-state index contributed by atoms with van der Waals surface area (Å²) in [6.07, 6.45) is 0.526. The minimum atomic E-state index is -0.0300. The summed E-state index contributed by atoms with van der Waals surface area (Å²) in [5, 5.41) is 1.52. The summed E-state index contributed by atoms with van der Waals surface area (Å²) < 4.78 is 0. The highest BCUT2D eigenvalue weighted by Crippen LogP contribution is 2.25. The molecule has 1 aromatic heterocycles. The van der Waals surface area contributed by atoms with Crippen LogP contribution in [0.5, 0.6) is 0 Å². The molecule has 0 saturated heterocycles. The molecular formula is C20H27ClN2O. The number of halogens is 1. The monoisotopic (exact) mass is 346 g/mol. The van der Waals surface area contributed by atoms with Gasteiger partial charge in [-0.2, -0.15) is 0 Å². The maximum absolute atomic E-state index is 12.7. The van der Waals surface area contributed by atoms with Gasteiger partial charge in [-0.1, -0.05) is 64.4 Å². The zero-order chi connectivity index (χ0) is 17.9. The molecule has 2 rings (SSSR count). The first-order chi connectivity index (χ1) is 11.2. The Balaban J connectivity index is 2.28. The van der Waals surface area contributed by atoms with Gasteiger partial charge in [-0.05, 0) is 23.5 Å². The topological polar surface area (TPSA) is 33.2 Å². The van der Waals surface area contributed by atoms with E-state index >= 15 is 0 Å². The Bertz CT molecular complexity index is 719. The molecule has 0 fully saturated rings. The van der Waals surface area contributed by atoms with Gasteiger partial charge in [0, 0.05) is 30.5 Å². The number of fused-ring (bicyclic) bond motifs is 1. The highest BCUT2D eigenvalue weighted by Gasteiger charge is 2.23. The molecule has 1 amide bonds. The fraction of sp³-hybridized carbons (Fsp3) is 0.500. The van der Waals surface area contributed by atoms with Crippen molar-refractivity contribution < 1.29 is 4.79 Å². The number of carbonyl (C=O) groups is 1. The molecule has 0 aliphatic rings. The summed E-state index contributed by atoms with van der Waals surface area (Å²) >= 11 is 6.37. The first-order valence-electron chi connectivity index (χ1n) is 8.47. The molecule has 0 aliphatic carbocycles. The van der Waals surface area contributed by atoms with Crippen molar-refractivity contribution in [3.8, 4) is 0 Å². The van der Waals surface area contributed by atoms with E-state index in [-0.39, 0.29) is 11.3 Å². The predicted molar refractivity (Wildman–Crippen MR) is 101 cm³/mol. The number of carbonyl (C=O) groups excluding carboxylic acids is 1. The van der Waals surface area contributed by atoms with Crippen molar-refractivity contribution in [2.24, 2.45) is 11.3 Å². The van der Waals surface area contributed by atoms with Crippen LogP contribution in [-0.4, -0.2) is 22.3 Å². The standard InChI is InChI=1S/C20H27ClN2O/c1-14(2)12-23(18(24)11-20(3,4)5)13-16-10-15-8-6-7-9-17(15)22-19(16)21/h6-10,14H,11-13H2,1-5H3. The molecule has 0 atom stereocenters. The molecule has 4 heteroatoms. The third-order valence-electron chi connectivity index (χ3n) is 3.73. The number of nitrogens with zero attached hydrogens (tertiary/aromatic N) is 2. The van der Waals surface area contributed by atoms with Crippen molar-refractivity contribution in [3.05, 3.63) is 41.0 Å². The van der Waals surface area contributed by atoms with Crippen LogP contribution in [0.2, 0.25) is 5.15 Å². The van der Waals surface area contributed by atoms with Crippen molar-refractivity contribution >= 4 is 28.4 Å². The number of benzene rings is 1. The Labute approximate surface area is 150 Å². The van der Waals surface area contributed by atoms with Gasteiger partial charge in [-0.15, -0.1) is 0 Å². The van der Waals surface area contributed by atoms with Gasteiger partial charge in [0.1, 0.15) is 5.15 Å². The molecule has 0 bridgehead atoms. The smallest absolute Gasteiger partial charge is 0.223 e. The summed E-state index contributed by atoms with van der Waals surface area (Å²) in [6.45, 7) is 11.7. The Kier molecular flexibility index (Phi) is 5.87. The molecule has 0 unspecified atom stereocenters. The molecule has 1 heterocycles. The van der Waals surface area contributed by atoms with Crippen molar-refractivity contribution in [2.45, 2.75) is 47.6 Å². The third-order valence-corrected chi connectivity index (χ3v) is 4.06. The van der Waals surface area contributed by atoms with Gasteiger partial charge < -0.3 is 4.90 Å². The molecule has 0 N–H and O–H groups in total. The minimum Gasteiger partial charge on any atom is -0.338 e. The van der Waals surface area contributed by atoms with Gasteiger partial charge in [0.05, 0.1) is 5.52 Å². The number of pyridine rings is 1. The molecule has 2 aromatic rings. The van der Waals surface area contributed by atoms with Gasteiger partial charge in [0.25, 0.3) is 0 Å². The number of hydrogen-bond donors (Lipinski definition) is 0. The second-order valence-electron chi connectivity index (χ2n) is 8.04. The van der Waals surface area contributed by atoms with Crippen LogP contribution < -0.4 is 0 Å². The quantitative estimate of drug-likeness (QED) is 0.687. The van der Waals surface area contributed by atoms with Crippen LogP contribution in [0.25, 0.3) is 10.9 Å². The third kappa shape index (κ3) is 5.20. The average Bonchev–Trinajstić information content (AvgIpc) is 2.45. The second kappa shape index (κ2) is 7.52. The number of rotatable bonds is 5. The van der Waals surface area contributed by atoms with E-state index in [1.54, 1.807) is 0 Å². The number of hydrogen-bond acceptors (Lipinski definition) is 2. The van der Waals surface area contributed by atoms with Crippen LogP contribution >= 0.6 is 11.6 Å². The summed E-state index contributed by atoms with van der Waals surface area (Å²) in [5.41, 5.74) is 1.75. The Morgan fingerprint density at radius 2 is 1.92 bits per heavy atom. The normalized spacial score (nSPS) is 12.0. The van der Waals surface area contributed by atoms with E-state index in [0.717, 1.165) is 23.0 Å². The van der Waals surface area contributed by atoms with Crippen molar-refractivity contribution in [1.82, 2.24) is 9.88 Å². The van der Waals surface area contributed by atoms with Gasteiger partial charge in [0.15, 0.2) is 0 Å². The highest BCUT2D eigenvalue weighted by atomic mass is 35.5. The number of aromatic nitrogens is 1. The minimum absolute atomic E-state index is 0.0300. The first kappa shape index (κ1) is 18.7. The van der Waals surface area contributed by atoms with Crippen molar-refractivity contribution in [3.63, 3.8) is 0 Å². The number of para-hydroxylation sites is 1. The maximum atomic E-state index is 12.7. The van der Waals surface area contributed by atoms with Gasteiger partial charge in [-0.25, -0.2) is 4.98 Å². The second-order valence-corrected chi connectivity index (χ2v) is 8.39. The lowest BCUT2D eigenvalue weighted by molar-refractivity contribution is -0.134. The fourth-order valence-electron chi connectivity index (χ4n) is 2.71. The van der Waals surface area contributed by atoms with E-state index in [2.05, 4.69) is 39.6 Å². The van der Waals surface area contributed by atoms with E-state index in [4.69, 9.17) is 11.6 Å². The van der Waals surface area contributed by atoms with Crippen molar-refractivity contribution in [2.75, 3.05) is 6.54 Å². The summed E-state index contributed by atoms with van der Waals surface area (Å²) in [7, 11) is 0. The molecule has 1 aromatic carbocycles. The van der Waals surface area contributed by atoms with Crippen LogP contribution in [0.4, 0.5) is 0 Å². The molecule has 130 valence electrons. The Morgan fingerprint density at radius 3 is 2.54 bits per heavy atom. The Morgan fingerprint density at radius 1 is 1.25 bits per heavy atom. The molecule has 0 aliphatic heterocycles. The van der Waals surface area contributed by atoms with Gasteiger partial charge in [-0.3, -0.25) is 4.79 Å². The average molecular weight is 347 g/mol. The fourth-order valence-corrected chi connectivity index (χ4v) is 2.92. The molecule has 24 heavy (non-hydrogen) atoms. The van der Waals surface area contributed by atoms with E-state index in [0.29, 0.717) is 24.0 Å². The van der Waals surface area contributed by atoms with Crippen molar-refractivity contribution in [1.29, 1.82) is 0 Å². The Hall–Kier alpha value is -1.61. The predicted octanol–water partition coefficient (Wildman–Crippen LogP) is 5.31. The summed E-state index contributed by atoms with van der Waals surface area (Å²) in [6, 6.07) is 9.94. The van der Waals surface area contributed by atoms with Gasteiger partial charge >= 0.3 is 0 Å². The van der Waals surface area contributed by atoms with E-state index in [9.17, 15) is 4.79 Å². The van der Waals surface area contributed by atoms with Gasteiger partial charge in [0.2, 0.25) is 5.91 Å². The van der Waals surface area contributed by atoms with E-state index in [1.165, 1.54) is 0 Å². The van der Waals surface area contributed by atoms with Crippen LogP contribution in [0.1, 0.15) is 46.6 Å². The molecule has 0 radical (unpaired) electrons. The highest BCUT2D eigenvalue weighted by molar-refractivity contribution is 6.30. The largest absolute Gasteiger partial charge is 0.338 e. The molecular weight excluding hydrogens is 320 g/mol. The number of amides is 1. The van der Waals surface area contributed by atoms with Crippen LogP contribution in [-0.2, 0) is 11.3 Å². The summed E-state index contributed by atoms with van der Waals surface area (Å²) in [4.78, 5) is 19.1. The van der Waals surface area contributed by atoms with Crippen LogP contribution in [0.15, 0.2) is 30.3 Å². The van der Waals surface area contributed by atoms with E-state index in [1.807, 2.05) is 35.2 Å². The lowest BCUT2D eigenvalue weighted by Crippen LogP contribution is -2.36. The lowest BCUT2D eigenvalue weighted by Gasteiger charge is -2.28. The molecule has 0 spiro atoms. The lowest BCUT2D eigenvalue weighted by atomic mass is 9.91. The van der Waals surface area contributed by atoms with Crippen LogP contribution in [0.3, 0.4) is 0 Å².